The minimum Gasteiger partial charge on any atom is -0.378 e. The standard InChI is InChI=1S/C11H23NO2/c1-5-8-12(4)11(13)7-9-14-10(3)6-2/h10H,5-9H2,1-4H3. The average Bonchev–Trinajstić information content (AvgIpc) is 2.17. The van der Waals surface area contributed by atoms with Crippen LogP contribution in [0.2, 0.25) is 0 Å². The lowest BCUT2D eigenvalue weighted by Gasteiger charge is -2.16. The number of carbonyl (C=O) groups excluding carboxylic acids is 1. The monoisotopic (exact) mass is 201 g/mol. The first-order chi connectivity index (χ1) is 6.61. The molecule has 1 amide bonds. The van der Waals surface area contributed by atoms with Crippen molar-refractivity contribution in [3.63, 3.8) is 0 Å². The second-order valence-electron chi connectivity index (χ2n) is 3.65. The molecule has 0 saturated carbocycles. The predicted molar refractivity (Wildman–Crippen MR) is 58.3 cm³/mol. The Labute approximate surface area is 87.4 Å². The van der Waals surface area contributed by atoms with Gasteiger partial charge in [-0.2, -0.15) is 0 Å². The van der Waals surface area contributed by atoms with E-state index in [1.54, 1.807) is 4.90 Å². The summed E-state index contributed by atoms with van der Waals surface area (Å²) in [6, 6.07) is 0. The van der Waals surface area contributed by atoms with Gasteiger partial charge in [-0.15, -0.1) is 0 Å². The molecule has 0 aromatic rings. The van der Waals surface area contributed by atoms with Crippen LogP contribution in [0, 0.1) is 0 Å². The first kappa shape index (κ1) is 13.4. The largest absolute Gasteiger partial charge is 0.378 e. The molecule has 1 unspecified atom stereocenters. The van der Waals surface area contributed by atoms with Gasteiger partial charge >= 0.3 is 0 Å². The summed E-state index contributed by atoms with van der Waals surface area (Å²) in [4.78, 5) is 13.2. The second-order valence-corrected chi connectivity index (χ2v) is 3.65. The van der Waals surface area contributed by atoms with E-state index in [1.165, 1.54) is 0 Å². The Kier molecular flexibility index (Phi) is 7.48. The summed E-state index contributed by atoms with van der Waals surface area (Å²) in [6.07, 6.45) is 2.77. The zero-order chi connectivity index (χ0) is 11.0. The fraction of sp³-hybridized carbons (Fsp3) is 0.909. The van der Waals surface area contributed by atoms with Crippen molar-refractivity contribution >= 4 is 5.91 Å². The Hall–Kier alpha value is -0.570. The van der Waals surface area contributed by atoms with E-state index in [2.05, 4.69) is 13.8 Å². The molecule has 0 aromatic carbocycles. The third kappa shape index (κ3) is 5.97. The zero-order valence-corrected chi connectivity index (χ0v) is 9.88. The number of hydrogen-bond acceptors (Lipinski definition) is 2. The van der Waals surface area contributed by atoms with Gasteiger partial charge in [-0.1, -0.05) is 13.8 Å². The normalized spacial score (nSPS) is 12.6. The third-order valence-electron chi connectivity index (χ3n) is 2.28. The average molecular weight is 201 g/mol. The topological polar surface area (TPSA) is 29.5 Å². The van der Waals surface area contributed by atoms with Gasteiger partial charge in [0, 0.05) is 13.6 Å². The molecule has 1 atom stereocenters. The molecule has 14 heavy (non-hydrogen) atoms. The summed E-state index contributed by atoms with van der Waals surface area (Å²) in [5.41, 5.74) is 0. The predicted octanol–water partition coefficient (Wildman–Crippen LogP) is 2.06. The molecule has 3 nitrogen and oxygen atoms in total. The number of rotatable bonds is 7. The quantitative estimate of drug-likeness (QED) is 0.631. The van der Waals surface area contributed by atoms with Crippen molar-refractivity contribution in [1.82, 2.24) is 4.90 Å². The molecule has 0 aliphatic heterocycles. The number of nitrogens with zero attached hydrogens (tertiary/aromatic N) is 1. The maximum atomic E-state index is 11.4. The van der Waals surface area contributed by atoms with E-state index >= 15 is 0 Å². The van der Waals surface area contributed by atoms with Crippen molar-refractivity contribution in [3.8, 4) is 0 Å². The van der Waals surface area contributed by atoms with Crippen molar-refractivity contribution < 1.29 is 9.53 Å². The molecular weight excluding hydrogens is 178 g/mol. The first-order valence-corrected chi connectivity index (χ1v) is 5.47. The van der Waals surface area contributed by atoms with Gasteiger partial charge in [-0.25, -0.2) is 0 Å². The van der Waals surface area contributed by atoms with Crippen LogP contribution in [0.3, 0.4) is 0 Å². The fourth-order valence-electron chi connectivity index (χ4n) is 1.12. The van der Waals surface area contributed by atoms with E-state index < -0.39 is 0 Å². The molecule has 0 aliphatic carbocycles. The molecule has 0 saturated heterocycles. The third-order valence-corrected chi connectivity index (χ3v) is 2.28. The molecule has 0 N–H and O–H groups in total. The van der Waals surface area contributed by atoms with Crippen LogP contribution >= 0.6 is 0 Å². The smallest absolute Gasteiger partial charge is 0.224 e. The van der Waals surface area contributed by atoms with E-state index in [4.69, 9.17) is 4.74 Å². The summed E-state index contributed by atoms with van der Waals surface area (Å²) >= 11 is 0. The summed E-state index contributed by atoms with van der Waals surface area (Å²) in [7, 11) is 1.84. The molecule has 0 bridgehead atoms. The Morgan fingerprint density at radius 2 is 2.07 bits per heavy atom. The highest BCUT2D eigenvalue weighted by molar-refractivity contribution is 5.75. The molecule has 84 valence electrons. The highest BCUT2D eigenvalue weighted by Gasteiger charge is 2.07. The molecule has 0 spiro atoms. The Bertz CT molecular complexity index is 159. The van der Waals surface area contributed by atoms with Crippen molar-refractivity contribution in [2.75, 3.05) is 20.2 Å². The molecule has 0 radical (unpaired) electrons. The van der Waals surface area contributed by atoms with Crippen molar-refractivity contribution in [2.24, 2.45) is 0 Å². The molecule has 0 fully saturated rings. The van der Waals surface area contributed by atoms with Gasteiger partial charge in [0.1, 0.15) is 0 Å². The van der Waals surface area contributed by atoms with Gasteiger partial charge in [0.15, 0.2) is 0 Å². The number of hydrogen-bond donors (Lipinski definition) is 0. The van der Waals surface area contributed by atoms with Gasteiger partial charge in [-0.05, 0) is 19.8 Å². The van der Waals surface area contributed by atoms with Crippen LogP contribution in [0.5, 0.6) is 0 Å². The Balaban J connectivity index is 3.53. The van der Waals surface area contributed by atoms with Crippen LogP contribution < -0.4 is 0 Å². The number of amides is 1. The minimum atomic E-state index is 0.176. The molecule has 0 heterocycles. The summed E-state index contributed by atoms with van der Waals surface area (Å²) < 4.78 is 5.44. The maximum absolute atomic E-state index is 11.4. The second kappa shape index (κ2) is 7.80. The molecule has 0 aromatic heterocycles. The van der Waals surface area contributed by atoms with Crippen LogP contribution in [0.15, 0.2) is 0 Å². The van der Waals surface area contributed by atoms with Crippen molar-refractivity contribution in [3.05, 3.63) is 0 Å². The van der Waals surface area contributed by atoms with E-state index in [0.29, 0.717) is 13.0 Å². The maximum Gasteiger partial charge on any atom is 0.224 e. The van der Waals surface area contributed by atoms with Gasteiger partial charge in [0.05, 0.1) is 19.1 Å². The van der Waals surface area contributed by atoms with E-state index in [1.807, 2.05) is 14.0 Å². The van der Waals surface area contributed by atoms with Crippen molar-refractivity contribution in [2.45, 2.75) is 46.1 Å². The van der Waals surface area contributed by atoms with Crippen LogP contribution in [-0.2, 0) is 9.53 Å². The molecule has 3 heteroatoms. The highest BCUT2D eigenvalue weighted by atomic mass is 16.5. The van der Waals surface area contributed by atoms with Crippen LogP contribution in [-0.4, -0.2) is 37.1 Å². The van der Waals surface area contributed by atoms with Gasteiger partial charge in [-0.3, -0.25) is 4.79 Å². The first-order valence-electron chi connectivity index (χ1n) is 5.47. The highest BCUT2D eigenvalue weighted by Crippen LogP contribution is 1.99. The summed E-state index contributed by atoms with van der Waals surface area (Å²) in [6.45, 7) is 7.55. The Morgan fingerprint density at radius 1 is 1.43 bits per heavy atom. The molecular formula is C11H23NO2. The molecule has 0 rings (SSSR count). The number of ether oxygens (including phenoxy) is 1. The van der Waals surface area contributed by atoms with Gasteiger partial charge in [0.2, 0.25) is 5.91 Å². The van der Waals surface area contributed by atoms with E-state index in [0.717, 1.165) is 19.4 Å². The van der Waals surface area contributed by atoms with Crippen LogP contribution in [0.25, 0.3) is 0 Å². The van der Waals surface area contributed by atoms with E-state index in [9.17, 15) is 4.79 Å². The summed E-state index contributed by atoms with van der Waals surface area (Å²) in [5.74, 6) is 0.176. The SMILES string of the molecule is CCCN(C)C(=O)CCOC(C)CC. The lowest BCUT2D eigenvalue weighted by molar-refractivity contribution is -0.131. The van der Waals surface area contributed by atoms with E-state index in [-0.39, 0.29) is 12.0 Å². The summed E-state index contributed by atoms with van der Waals surface area (Å²) in [5, 5.41) is 0. The zero-order valence-electron chi connectivity index (χ0n) is 9.88. The number of carbonyl (C=O) groups is 1. The Morgan fingerprint density at radius 3 is 2.57 bits per heavy atom. The lowest BCUT2D eigenvalue weighted by atomic mass is 10.3. The lowest BCUT2D eigenvalue weighted by Crippen LogP contribution is -2.28. The van der Waals surface area contributed by atoms with Gasteiger partial charge in [0.25, 0.3) is 0 Å². The minimum absolute atomic E-state index is 0.176. The van der Waals surface area contributed by atoms with Crippen LogP contribution in [0.1, 0.15) is 40.0 Å². The van der Waals surface area contributed by atoms with Crippen LogP contribution in [0.4, 0.5) is 0 Å². The van der Waals surface area contributed by atoms with Crippen molar-refractivity contribution in [1.29, 1.82) is 0 Å². The van der Waals surface area contributed by atoms with Gasteiger partial charge < -0.3 is 9.64 Å². The fourth-order valence-corrected chi connectivity index (χ4v) is 1.12. The molecule has 0 aliphatic rings.